The van der Waals surface area contributed by atoms with Crippen LogP contribution in [0.15, 0.2) is 18.2 Å². The third-order valence-corrected chi connectivity index (χ3v) is 4.57. The summed E-state index contributed by atoms with van der Waals surface area (Å²) in [7, 11) is 1.81. The summed E-state index contributed by atoms with van der Waals surface area (Å²) < 4.78 is 0. The van der Waals surface area contributed by atoms with Gasteiger partial charge in [-0.05, 0) is 37.3 Å². The van der Waals surface area contributed by atoms with Crippen LogP contribution in [-0.4, -0.2) is 25.5 Å². The second kappa shape index (κ2) is 5.34. The minimum Gasteiger partial charge on any atom is -0.368 e. The number of fused-ring (bicyclic) bond motifs is 1. The second-order valence-electron chi connectivity index (χ2n) is 6.73. The lowest BCUT2D eigenvalue weighted by Gasteiger charge is -2.26. The number of benzene rings is 1. The van der Waals surface area contributed by atoms with Gasteiger partial charge in [-0.2, -0.15) is 0 Å². The lowest BCUT2D eigenvalue weighted by atomic mass is 10.1. The van der Waals surface area contributed by atoms with E-state index in [1.54, 1.807) is 4.90 Å². The number of nitrogens with two attached hydrogens (primary N) is 1. The number of carbonyl (C=O) groups is 1. The summed E-state index contributed by atoms with van der Waals surface area (Å²) in [5, 5.41) is 0. The molecular weight excluding hydrogens is 262 g/mol. The molecule has 1 amide bonds. The van der Waals surface area contributed by atoms with Crippen molar-refractivity contribution in [2.45, 2.75) is 45.2 Å². The van der Waals surface area contributed by atoms with E-state index in [-0.39, 0.29) is 5.91 Å². The SMILES string of the molecule is CC(C)CCN(c1ccc2c(c1)N(C)C(=O)C2N)C1CC1. The molecular formula is C17H25N3O. The van der Waals surface area contributed by atoms with Crippen molar-refractivity contribution in [3.05, 3.63) is 23.8 Å². The van der Waals surface area contributed by atoms with Crippen molar-refractivity contribution in [3.8, 4) is 0 Å². The Kier molecular flexibility index (Phi) is 3.66. The highest BCUT2D eigenvalue weighted by Gasteiger charge is 2.34. The highest BCUT2D eigenvalue weighted by molar-refractivity contribution is 6.04. The van der Waals surface area contributed by atoms with Crippen LogP contribution >= 0.6 is 0 Å². The molecule has 2 N–H and O–H groups in total. The Morgan fingerprint density at radius 3 is 2.71 bits per heavy atom. The molecule has 0 aromatic heterocycles. The Labute approximate surface area is 126 Å². The zero-order chi connectivity index (χ0) is 15.1. The van der Waals surface area contributed by atoms with Crippen LogP contribution in [0.3, 0.4) is 0 Å². The number of hydrogen-bond acceptors (Lipinski definition) is 3. The molecule has 1 aromatic carbocycles. The Morgan fingerprint density at radius 1 is 1.38 bits per heavy atom. The smallest absolute Gasteiger partial charge is 0.248 e. The molecule has 1 unspecified atom stereocenters. The van der Waals surface area contributed by atoms with Gasteiger partial charge in [0.2, 0.25) is 5.91 Å². The Balaban J connectivity index is 1.87. The second-order valence-corrected chi connectivity index (χ2v) is 6.73. The van der Waals surface area contributed by atoms with Crippen LogP contribution in [0.2, 0.25) is 0 Å². The quantitative estimate of drug-likeness (QED) is 0.906. The molecule has 1 heterocycles. The number of rotatable bonds is 5. The molecule has 4 nitrogen and oxygen atoms in total. The molecule has 2 aliphatic rings. The first-order valence-electron chi connectivity index (χ1n) is 7.92. The first-order valence-corrected chi connectivity index (χ1v) is 7.92. The predicted octanol–water partition coefficient (Wildman–Crippen LogP) is 2.68. The van der Waals surface area contributed by atoms with Crippen molar-refractivity contribution >= 4 is 17.3 Å². The van der Waals surface area contributed by atoms with Gasteiger partial charge in [0, 0.05) is 30.9 Å². The topological polar surface area (TPSA) is 49.6 Å². The van der Waals surface area contributed by atoms with Crippen LogP contribution in [-0.2, 0) is 4.79 Å². The number of amides is 1. The maximum absolute atomic E-state index is 12.0. The van der Waals surface area contributed by atoms with Gasteiger partial charge in [-0.3, -0.25) is 4.79 Å². The molecule has 1 saturated carbocycles. The molecule has 21 heavy (non-hydrogen) atoms. The van der Waals surface area contributed by atoms with E-state index in [0.29, 0.717) is 12.0 Å². The first kappa shape index (κ1) is 14.4. The summed E-state index contributed by atoms with van der Waals surface area (Å²) in [6, 6.07) is 6.48. The molecule has 1 aromatic rings. The average Bonchev–Trinajstić information content (AvgIpc) is 3.26. The normalized spacial score (nSPS) is 21.1. The van der Waals surface area contributed by atoms with Gasteiger partial charge in [-0.15, -0.1) is 0 Å². The average molecular weight is 287 g/mol. The van der Waals surface area contributed by atoms with Crippen molar-refractivity contribution in [2.24, 2.45) is 11.7 Å². The van der Waals surface area contributed by atoms with E-state index in [1.165, 1.54) is 24.9 Å². The molecule has 0 saturated heterocycles. The van der Waals surface area contributed by atoms with Gasteiger partial charge in [0.1, 0.15) is 6.04 Å². The molecule has 0 radical (unpaired) electrons. The first-order chi connectivity index (χ1) is 9.99. The van der Waals surface area contributed by atoms with Crippen molar-refractivity contribution in [3.63, 3.8) is 0 Å². The molecule has 114 valence electrons. The fraction of sp³-hybridized carbons (Fsp3) is 0.588. The standard InChI is InChI=1S/C17H25N3O/c1-11(2)8-9-20(12-4-5-12)13-6-7-14-15(10-13)19(3)17(21)16(14)18/h6-7,10-12,16H,4-5,8-9,18H2,1-3H3. The van der Waals surface area contributed by atoms with Crippen molar-refractivity contribution < 1.29 is 4.79 Å². The number of carbonyl (C=O) groups excluding carboxylic acids is 1. The van der Waals surface area contributed by atoms with E-state index in [0.717, 1.165) is 17.8 Å². The van der Waals surface area contributed by atoms with Crippen LogP contribution in [0.4, 0.5) is 11.4 Å². The van der Waals surface area contributed by atoms with E-state index in [9.17, 15) is 4.79 Å². The summed E-state index contributed by atoms with van der Waals surface area (Å²) in [6.07, 6.45) is 3.76. The third kappa shape index (κ3) is 2.64. The number of likely N-dealkylation sites (N-methyl/N-ethyl adjacent to an activating group) is 1. The Morgan fingerprint density at radius 2 is 2.10 bits per heavy atom. The molecule has 0 bridgehead atoms. The maximum Gasteiger partial charge on any atom is 0.248 e. The summed E-state index contributed by atoms with van der Waals surface area (Å²) in [5.41, 5.74) is 9.12. The monoisotopic (exact) mass is 287 g/mol. The van der Waals surface area contributed by atoms with Gasteiger partial charge < -0.3 is 15.5 Å². The van der Waals surface area contributed by atoms with Gasteiger partial charge >= 0.3 is 0 Å². The summed E-state index contributed by atoms with van der Waals surface area (Å²) in [6.45, 7) is 5.61. The van der Waals surface area contributed by atoms with Crippen molar-refractivity contribution in [2.75, 3.05) is 23.4 Å². The molecule has 3 rings (SSSR count). The molecule has 0 spiro atoms. The largest absolute Gasteiger partial charge is 0.368 e. The van der Waals surface area contributed by atoms with E-state index < -0.39 is 6.04 Å². The lowest BCUT2D eigenvalue weighted by Crippen LogP contribution is -2.28. The van der Waals surface area contributed by atoms with Crippen LogP contribution < -0.4 is 15.5 Å². The Hall–Kier alpha value is -1.55. The minimum atomic E-state index is -0.496. The summed E-state index contributed by atoms with van der Waals surface area (Å²) in [4.78, 5) is 16.2. The molecule has 1 aliphatic carbocycles. The molecule has 1 fully saturated rings. The Bertz CT molecular complexity index is 551. The zero-order valence-corrected chi connectivity index (χ0v) is 13.2. The van der Waals surface area contributed by atoms with Crippen molar-refractivity contribution in [1.82, 2.24) is 0 Å². The predicted molar refractivity (Wildman–Crippen MR) is 86.6 cm³/mol. The summed E-state index contributed by atoms with van der Waals surface area (Å²) >= 11 is 0. The number of nitrogens with zero attached hydrogens (tertiary/aromatic N) is 2. The van der Waals surface area contributed by atoms with Crippen LogP contribution in [0.5, 0.6) is 0 Å². The van der Waals surface area contributed by atoms with Gasteiger partial charge in [0.05, 0.1) is 5.69 Å². The third-order valence-electron chi connectivity index (χ3n) is 4.57. The fourth-order valence-corrected chi connectivity index (χ4v) is 3.03. The van der Waals surface area contributed by atoms with E-state index in [4.69, 9.17) is 5.73 Å². The minimum absolute atomic E-state index is 0.0118. The zero-order valence-electron chi connectivity index (χ0n) is 13.2. The lowest BCUT2D eigenvalue weighted by molar-refractivity contribution is -0.118. The molecule has 1 atom stereocenters. The van der Waals surface area contributed by atoms with Crippen LogP contribution in [0.1, 0.15) is 44.7 Å². The molecule has 1 aliphatic heterocycles. The van der Waals surface area contributed by atoms with Crippen LogP contribution in [0, 0.1) is 5.92 Å². The van der Waals surface area contributed by atoms with E-state index in [2.05, 4.69) is 30.9 Å². The van der Waals surface area contributed by atoms with E-state index in [1.807, 2.05) is 13.1 Å². The van der Waals surface area contributed by atoms with Gasteiger partial charge in [-0.25, -0.2) is 0 Å². The maximum atomic E-state index is 12.0. The van der Waals surface area contributed by atoms with Crippen molar-refractivity contribution in [1.29, 1.82) is 0 Å². The number of hydrogen-bond donors (Lipinski definition) is 1. The number of anilines is 2. The van der Waals surface area contributed by atoms with Gasteiger partial charge in [0.15, 0.2) is 0 Å². The summed E-state index contributed by atoms with van der Waals surface area (Å²) in [5.74, 6) is 0.695. The van der Waals surface area contributed by atoms with Gasteiger partial charge in [-0.1, -0.05) is 19.9 Å². The van der Waals surface area contributed by atoms with Crippen LogP contribution in [0.25, 0.3) is 0 Å². The highest BCUT2D eigenvalue weighted by atomic mass is 16.2. The van der Waals surface area contributed by atoms with E-state index >= 15 is 0 Å². The molecule has 4 heteroatoms. The van der Waals surface area contributed by atoms with Gasteiger partial charge in [0.25, 0.3) is 0 Å². The fourth-order valence-electron chi connectivity index (χ4n) is 3.03. The highest BCUT2D eigenvalue weighted by Crippen LogP contribution is 2.39.